The summed E-state index contributed by atoms with van der Waals surface area (Å²) in [6.45, 7) is 4.60. The Morgan fingerprint density at radius 1 is 0.279 bits per heavy atom. The number of phosphoric ester groups is 2. The van der Waals surface area contributed by atoms with E-state index in [1.54, 1.807) is 0 Å². The zero-order valence-electron chi connectivity index (χ0n) is 65.2. The van der Waals surface area contributed by atoms with Crippen molar-refractivity contribution >= 4 is 39.5 Å². The Labute approximate surface area is 631 Å². The first kappa shape index (κ1) is 99.2. The predicted octanol–water partition coefficient (Wildman–Crippen LogP) is 23.7. The van der Waals surface area contributed by atoms with Crippen molar-refractivity contribution in [2.45, 2.75) is 341 Å². The molecule has 0 heterocycles. The lowest BCUT2D eigenvalue weighted by Gasteiger charge is -2.21. The summed E-state index contributed by atoms with van der Waals surface area (Å²) in [5.74, 6) is -2.31. The minimum absolute atomic E-state index is 0.0324. The number of unbranched alkanes of at least 4 members (excludes halogenated alkanes) is 27. The molecule has 2 unspecified atom stereocenters. The number of ether oxygens (including phenoxy) is 4. The monoisotopic (exact) mass is 1500 g/mol. The molecule has 0 aromatic carbocycles. The highest BCUT2D eigenvalue weighted by Gasteiger charge is 2.30. The van der Waals surface area contributed by atoms with E-state index in [4.69, 9.17) is 37.0 Å². The fourth-order valence-corrected chi connectivity index (χ4v) is 12.0. The summed E-state index contributed by atoms with van der Waals surface area (Å²) in [7, 11) is -9.99. The summed E-state index contributed by atoms with van der Waals surface area (Å²) in [4.78, 5) is 73.0. The standard InChI is InChI=1S/C85H144O17P2/c1-5-9-13-17-21-25-29-33-35-37-39-41-43-47-50-54-58-62-66-70-83(88)96-76-80(101-84(89)71-67-63-59-55-51-46-32-28-24-20-16-12-8-4)77-99-103(91,92)97-73-79(86)74-98-104(93,94)100-78-81(75-95-82(87)69-65-61-57-53-49-45-31-27-23-19-15-11-7-3)102-85(90)72-68-64-60-56-52-48-44-42-40-38-36-34-30-26-22-18-14-10-6-2/h9,13,21-22,25-27,31,33-36,39-42,47-48,50,52,60,64,79-81,86H,5-8,10-12,14-20,23-24,28-30,32,37-38,43-46,49,51,53-59,61-63,65-78H2,1-4H3,(H,91,92)(H,93,94)/b13-9-,25-21-,26-22-,31-27-,35-33-,36-34-,41-39-,42-40-,50-47-,52-48-,64-60-/t79-,80-,81-/m1/s1. The van der Waals surface area contributed by atoms with Crippen LogP contribution in [0.4, 0.5) is 0 Å². The highest BCUT2D eigenvalue weighted by molar-refractivity contribution is 7.47. The van der Waals surface area contributed by atoms with Crippen molar-refractivity contribution in [2.24, 2.45) is 0 Å². The quantitative estimate of drug-likeness (QED) is 0.0169. The number of rotatable bonds is 75. The van der Waals surface area contributed by atoms with Crippen LogP contribution in [0.3, 0.4) is 0 Å². The maximum Gasteiger partial charge on any atom is 0.472 e. The molecule has 0 spiro atoms. The van der Waals surface area contributed by atoms with Crippen molar-refractivity contribution in [3.05, 3.63) is 134 Å². The number of carbonyl (C=O) groups excluding carboxylic acids is 4. The van der Waals surface area contributed by atoms with Crippen LogP contribution >= 0.6 is 15.6 Å². The molecule has 19 heteroatoms. The molecular weight excluding hydrogens is 1350 g/mol. The highest BCUT2D eigenvalue weighted by Crippen LogP contribution is 2.45. The molecule has 0 radical (unpaired) electrons. The average molecular weight is 1500 g/mol. The second-order valence-corrected chi connectivity index (χ2v) is 29.5. The lowest BCUT2D eigenvalue weighted by Crippen LogP contribution is -2.30. The van der Waals surface area contributed by atoms with Crippen molar-refractivity contribution in [1.82, 2.24) is 0 Å². The van der Waals surface area contributed by atoms with Gasteiger partial charge in [0.15, 0.2) is 12.2 Å². The Balaban J connectivity index is 5.44. The van der Waals surface area contributed by atoms with Crippen LogP contribution in [-0.2, 0) is 65.4 Å². The van der Waals surface area contributed by atoms with Crippen LogP contribution in [0.5, 0.6) is 0 Å². The third kappa shape index (κ3) is 75.4. The number of aliphatic hydroxyl groups is 1. The number of hydrogen-bond acceptors (Lipinski definition) is 15. The lowest BCUT2D eigenvalue weighted by molar-refractivity contribution is -0.161. The molecule has 0 rings (SSSR count). The molecular formula is C85H144O17P2. The number of esters is 4. The molecule has 0 aliphatic heterocycles. The van der Waals surface area contributed by atoms with Gasteiger partial charge in [0.2, 0.25) is 0 Å². The summed E-state index contributed by atoms with van der Waals surface area (Å²) in [6.07, 6.45) is 85.9. The molecule has 0 aliphatic rings. The van der Waals surface area contributed by atoms with Crippen molar-refractivity contribution < 1.29 is 80.2 Å². The fourth-order valence-electron chi connectivity index (χ4n) is 10.5. The van der Waals surface area contributed by atoms with Crippen molar-refractivity contribution in [1.29, 1.82) is 0 Å². The van der Waals surface area contributed by atoms with Gasteiger partial charge in [-0.3, -0.25) is 37.3 Å². The number of allylic oxidation sites excluding steroid dienone is 22. The lowest BCUT2D eigenvalue weighted by atomic mass is 10.0. The molecule has 0 saturated carbocycles. The summed E-state index contributed by atoms with van der Waals surface area (Å²) in [5.41, 5.74) is 0. The maximum absolute atomic E-state index is 13.1. The van der Waals surface area contributed by atoms with Gasteiger partial charge in [-0.2, -0.15) is 0 Å². The molecule has 3 N–H and O–H groups in total. The first-order valence-electron chi connectivity index (χ1n) is 40.4. The highest BCUT2D eigenvalue weighted by atomic mass is 31.2. The minimum Gasteiger partial charge on any atom is -0.462 e. The molecule has 0 aromatic rings. The molecule has 0 bridgehead atoms. The number of phosphoric acid groups is 2. The summed E-state index contributed by atoms with van der Waals surface area (Å²) in [5, 5.41) is 10.6. The van der Waals surface area contributed by atoms with Crippen LogP contribution in [0.1, 0.15) is 323 Å². The normalized spacial score (nSPS) is 14.6. The number of aliphatic hydroxyl groups excluding tert-OH is 1. The van der Waals surface area contributed by atoms with Gasteiger partial charge in [-0.1, -0.05) is 296 Å². The van der Waals surface area contributed by atoms with Crippen molar-refractivity contribution in [3.8, 4) is 0 Å². The third-order valence-electron chi connectivity index (χ3n) is 16.6. The van der Waals surface area contributed by atoms with E-state index >= 15 is 0 Å². The second kappa shape index (κ2) is 76.4. The zero-order chi connectivity index (χ0) is 76.0. The van der Waals surface area contributed by atoms with Crippen LogP contribution in [0.15, 0.2) is 134 Å². The summed E-state index contributed by atoms with van der Waals surface area (Å²) in [6, 6.07) is 0. The molecule has 5 atom stereocenters. The molecule has 0 fully saturated rings. The topological polar surface area (TPSA) is 237 Å². The molecule has 0 saturated heterocycles. The van der Waals surface area contributed by atoms with Gasteiger partial charge >= 0.3 is 39.5 Å². The number of hydrogen-bond donors (Lipinski definition) is 3. The van der Waals surface area contributed by atoms with Crippen molar-refractivity contribution in [2.75, 3.05) is 39.6 Å². The zero-order valence-corrected chi connectivity index (χ0v) is 66.9. The fraction of sp³-hybridized carbons (Fsp3) is 0.694. The van der Waals surface area contributed by atoms with Crippen LogP contribution in [-0.4, -0.2) is 96.7 Å². The van der Waals surface area contributed by atoms with Crippen LogP contribution in [0, 0.1) is 0 Å². The first-order valence-corrected chi connectivity index (χ1v) is 43.4. The van der Waals surface area contributed by atoms with Crippen LogP contribution in [0.25, 0.3) is 0 Å². The van der Waals surface area contributed by atoms with E-state index in [2.05, 4.69) is 143 Å². The molecule has 596 valence electrons. The Hall–Kier alpha value is -4.80. The maximum atomic E-state index is 13.1. The molecule has 104 heavy (non-hydrogen) atoms. The molecule has 17 nitrogen and oxygen atoms in total. The van der Waals surface area contributed by atoms with Gasteiger partial charge in [0.25, 0.3) is 0 Å². The van der Waals surface area contributed by atoms with Gasteiger partial charge in [0, 0.05) is 25.7 Å². The third-order valence-corrected chi connectivity index (χ3v) is 18.5. The number of carbonyl (C=O) groups is 4. The first-order chi connectivity index (χ1) is 50.7. The Kier molecular flexibility index (Phi) is 72.9. The van der Waals surface area contributed by atoms with Crippen LogP contribution < -0.4 is 0 Å². The van der Waals surface area contributed by atoms with E-state index in [0.29, 0.717) is 32.1 Å². The molecule has 0 amide bonds. The van der Waals surface area contributed by atoms with Gasteiger partial charge in [0.05, 0.1) is 26.4 Å². The van der Waals surface area contributed by atoms with E-state index in [1.165, 1.54) is 96.3 Å². The van der Waals surface area contributed by atoms with E-state index in [1.807, 2.05) is 18.2 Å². The molecule has 0 aromatic heterocycles. The second-order valence-electron chi connectivity index (χ2n) is 26.6. The van der Waals surface area contributed by atoms with Gasteiger partial charge in [0.1, 0.15) is 19.3 Å². The Bertz CT molecular complexity index is 2490. The predicted molar refractivity (Wildman–Crippen MR) is 427 cm³/mol. The van der Waals surface area contributed by atoms with Crippen molar-refractivity contribution in [3.63, 3.8) is 0 Å². The van der Waals surface area contributed by atoms with E-state index < -0.39 is 97.5 Å². The van der Waals surface area contributed by atoms with E-state index in [9.17, 15) is 43.2 Å². The van der Waals surface area contributed by atoms with Gasteiger partial charge in [-0.25, -0.2) is 9.13 Å². The average Bonchev–Trinajstić information content (AvgIpc) is 0.926. The summed E-state index contributed by atoms with van der Waals surface area (Å²) < 4.78 is 68.5. The van der Waals surface area contributed by atoms with E-state index in [-0.39, 0.29) is 25.7 Å². The minimum atomic E-state index is -5.00. The van der Waals surface area contributed by atoms with Gasteiger partial charge in [-0.15, -0.1) is 0 Å². The SMILES string of the molecule is CC/C=C\C/C=C\C/C=C\C/C=C\C/C=C\CCCCCC(=O)OC[C@H](COP(=O)(O)OC[C@@H](O)COP(=O)(O)OC[C@@H](COC(=O)CCCCCCC/C=C\CCCCCC)OC(=O)CC/C=C\C/C=C\C/C=C\C/C=C\C/C=C\CCCCC)OC(=O)CCCCCCCCCCCCCCC. The van der Waals surface area contributed by atoms with Gasteiger partial charge in [-0.05, 0) is 135 Å². The Morgan fingerprint density at radius 3 is 0.875 bits per heavy atom. The van der Waals surface area contributed by atoms with Crippen LogP contribution in [0.2, 0.25) is 0 Å². The van der Waals surface area contributed by atoms with E-state index in [0.717, 1.165) is 141 Å². The largest absolute Gasteiger partial charge is 0.472 e. The smallest absolute Gasteiger partial charge is 0.462 e. The van der Waals surface area contributed by atoms with Gasteiger partial charge < -0.3 is 33.8 Å². The Morgan fingerprint density at radius 2 is 0.519 bits per heavy atom. The molecule has 0 aliphatic carbocycles. The summed E-state index contributed by atoms with van der Waals surface area (Å²) >= 11 is 0.